The quantitative estimate of drug-likeness (QED) is 0.539. The van der Waals surface area contributed by atoms with Crippen LogP contribution in [-0.2, 0) is 9.59 Å². The molecule has 0 aliphatic heterocycles. The average Bonchev–Trinajstić information content (AvgIpc) is 2.34. The number of carboxylic acids is 1. The maximum Gasteiger partial charge on any atom is 0.326 e. The van der Waals surface area contributed by atoms with Crippen molar-refractivity contribution < 1.29 is 19.5 Å². The number of benzene rings is 1. The van der Waals surface area contributed by atoms with E-state index in [0.29, 0.717) is 5.56 Å². The van der Waals surface area contributed by atoms with Gasteiger partial charge < -0.3 is 10.4 Å². The molecule has 0 aromatic heterocycles. The predicted octanol–water partition coefficient (Wildman–Crippen LogP) is 0.760. The van der Waals surface area contributed by atoms with E-state index in [4.69, 9.17) is 5.11 Å². The number of hydrogen-bond acceptors (Lipinski definition) is 3. The van der Waals surface area contributed by atoms with Gasteiger partial charge in [0, 0.05) is 12.0 Å². The van der Waals surface area contributed by atoms with Gasteiger partial charge in [0.1, 0.15) is 6.04 Å². The average molecular weight is 234 g/mol. The van der Waals surface area contributed by atoms with Crippen LogP contribution in [0.4, 0.5) is 0 Å². The molecule has 1 aromatic carbocycles. The number of carbonyl (C=O) groups excluding carboxylic acids is 2. The molecule has 1 radical (unpaired) electrons. The molecule has 0 bridgehead atoms. The normalized spacial score (nSPS) is 11.5. The number of nitrogens with one attached hydrogen (secondary N) is 1. The number of carboxylic acid groups (broad SMARTS) is 1. The Hall–Kier alpha value is -2.17. The van der Waals surface area contributed by atoms with E-state index < -0.39 is 12.0 Å². The minimum Gasteiger partial charge on any atom is -0.480 e. The molecular formula is C12H12NO4. The van der Waals surface area contributed by atoms with Gasteiger partial charge in [-0.25, -0.2) is 4.79 Å². The Morgan fingerprint density at radius 1 is 1.29 bits per heavy atom. The molecule has 0 aliphatic carbocycles. The van der Waals surface area contributed by atoms with E-state index in [1.54, 1.807) is 30.3 Å². The minimum atomic E-state index is -1.17. The summed E-state index contributed by atoms with van der Waals surface area (Å²) in [5.74, 6) is -1.32. The van der Waals surface area contributed by atoms with Crippen LogP contribution in [0.2, 0.25) is 0 Å². The van der Waals surface area contributed by atoms with Crippen molar-refractivity contribution in [2.75, 3.05) is 0 Å². The summed E-state index contributed by atoms with van der Waals surface area (Å²) in [7, 11) is 0. The molecule has 89 valence electrons. The van der Waals surface area contributed by atoms with Gasteiger partial charge in [0.2, 0.25) is 0 Å². The molecule has 0 saturated heterocycles. The van der Waals surface area contributed by atoms with Crippen molar-refractivity contribution in [2.24, 2.45) is 0 Å². The lowest BCUT2D eigenvalue weighted by atomic mass is 10.0. The van der Waals surface area contributed by atoms with Crippen molar-refractivity contribution in [3.05, 3.63) is 35.9 Å². The van der Waals surface area contributed by atoms with Gasteiger partial charge in [0.25, 0.3) is 0 Å². The molecule has 0 heterocycles. The van der Waals surface area contributed by atoms with Crippen molar-refractivity contribution in [1.82, 2.24) is 5.32 Å². The molecule has 1 unspecified atom stereocenters. The second-order valence-electron chi connectivity index (χ2n) is 3.47. The van der Waals surface area contributed by atoms with Gasteiger partial charge >= 0.3 is 12.4 Å². The Morgan fingerprint density at radius 3 is 2.47 bits per heavy atom. The maximum atomic E-state index is 11.7. The molecule has 5 nitrogen and oxygen atoms in total. The third-order valence-electron chi connectivity index (χ3n) is 2.29. The lowest BCUT2D eigenvalue weighted by Gasteiger charge is -2.09. The van der Waals surface area contributed by atoms with E-state index >= 15 is 0 Å². The molecule has 0 fully saturated rings. The Morgan fingerprint density at radius 2 is 1.94 bits per heavy atom. The SMILES string of the molecule is O=[C]NC(CCC(=O)c1ccccc1)C(=O)O. The van der Waals surface area contributed by atoms with Crippen LogP contribution in [-0.4, -0.2) is 29.3 Å². The van der Waals surface area contributed by atoms with Gasteiger partial charge in [0.05, 0.1) is 0 Å². The van der Waals surface area contributed by atoms with Crippen molar-refractivity contribution in [3.63, 3.8) is 0 Å². The van der Waals surface area contributed by atoms with E-state index in [-0.39, 0.29) is 18.6 Å². The second-order valence-corrected chi connectivity index (χ2v) is 3.47. The van der Waals surface area contributed by atoms with Gasteiger partial charge in [-0.2, -0.15) is 0 Å². The predicted molar refractivity (Wildman–Crippen MR) is 60.3 cm³/mol. The number of carbonyl (C=O) groups is 2. The molecule has 1 aromatic rings. The molecule has 0 spiro atoms. The van der Waals surface area contributed by atoms with Crippen LogP contribution in [0.3, 0.4) is 0 Å². The topological polar surface area (TPSA) is 83.5 Å². The first-order valence-electron chi connectivity index (χ1n) is 5.09. The van der Waals surface area contributed by atoms with Gasteiger partial charge in [-0.1, -0.05) is 30.3 Å². The number of amides is 1. The van der Waals surface area contributed by atoms with Gasteiger partial charge in [-0.05, 0) is 6.42 Å². The summed E-state index contributed by atoms with van der Waals surface area (Å²) < 4.78 is 0. The number of Topliss-reactive ketones (excluding diaryl/α,β-unsaturated/α-hetero) is 1. The smallest absolute Gasteiger partial charge is 0.326 e. The zero-order valence-corrected chi connectivity index (χ0v) is 9.05. The highest BCUT2D eigenvalue weighted by Gasteiger charge is 2.18. The molecule has 0 saturated carbocycles. The zero-order chi connectivity index (χ0) is 12.7. The van der Waals surface area contributed by atoms with E-state index in [0.717, 1.165) is 0 Å². The van der Waals surface area contributed by atoms with Crippen LogP contribution in [0.15, 0.2) is 30.3 Å². The van der Waals surface area contributed by atoms with Gasteiger partial charge in [-0.3, -0.25) is 9.59 Å². The third kappa shape index (κ3) is 4.06. The summed E-state index contributed by atoms with van der Waals surface area (Å²) in [5, 5.41) is 10.8. The number of ketones is 1. The molecule has 2 N–H and O–H groups in total. The molecule has 5 heteroatoms. The number of rotatable bonds is 7. The van der Waals surface area contributed by atoms with E-state index in [1.807, 2.05) is 5.32 Å². The molecule has 17 heavy (non-hydrogen) atoms. The first kappa shape index (κ1) is 12.9. The standard InChI is InChI=1S/C12H12NO4/c14-8-13-10(12(16)17)6-7-11(15)9-4-2-1-3-5-9/h1-5,10H,6-7H2,(H,13,14)(H,16,17). The van der Waals surface area contributed by atoms with E-state index in [1.165, 1.54) is 6.41 Å². The lowest BCUT2D eigenvalue weighted by molar-refractivity contribution is -0.139. The highest BCUT2D eigenvalue weighted by atomic mass is 16.4. The van der Waals surface area contributed by atoms with Gasteiger partial charge in [0.15, 0.2) is 5.78 Å². The largest absolute Gasteiger partial charge is 0.480 e. The monoisotopic (exact) mass is 234 g/mol. The summed E-state index contributed by atoms with van der Waals surface area (Å²) in [6.07, 6.45) is 1.44. The first-order valence-corrected chi connectivity index (χ1v) is 5.09. The summed E-state index contributed by atoms with van der Waals surface area (Å²) in [5.41, 5.74) is 0.534. The second kappa shape index (κ2) is 6.42. The lowest BCUT2D eigenvalue weighted by Crippen LogP contribution is -2.36. The van der Waals surface area contributed by atoms with Crippen molar-refractivity contribution in [3.8, 4) is 0 Å². The van der Waals surface area contributed by atoms with Crippen LogP contribution in [0.5, 0.6) is 0 Å². The summed E-state index contributed by atoms with van der Waals surface area (Å²) in [4.78, 5) is 32.4. The van der Waals surface area contributed by atoms with Crippen molar-refractivity contribution in [1.29, 1.82) is 0 Å². The van der Waals surface area contributed by atoms with Gasteiger partial charge in [-0.15, -0.1) is 0 Å². The summed E-state index contributed by atoms with van der Waals surface area (Å²) in [6, 6.07) is 7.52. The Labute approximate surface area is 98.4 Å². The van der Waals surface area contributed by atoms with Crippen LogP contribution in [0.25, 0.3) is 0 Å². The Kier molecular flexibility index (Phi) is 4.87. The molecule has 1 rings (SSSR count). The zero-order valence-electron chi connectivity index (χ0n) is 9.05. The molecule has 0 aliphatic rings. The first-order chi connectivity index (χ1) is 8.15. The highest BCUT2D eigenvalue weighted by Crippen LogP contribution is 2.07. The van der Waals surface area contributed by atoms with Crippen LogP contribution >= 0.6 is 0 Å². The Bertz CT molecular complexity index is 402. The fourth-order valence-electron chi connectivity index (χ4n) is 1.37. The fourth-order valence-corrected chi connectivity index (χ4v) is 1.37. The maximum absolute atomic E-state index is 11.7. The van der Waals surface area contributed by atoms with Crippen LogP contribution < -0.4 is 5.32 Å². The summed E-state index contributed by atoms with van der Waals surface area (Å²) in [6.45, 7) is 0. The van der Waals surface area contributed by atoms with Crippen LogP contribution in [0.1, 0.15) is 23.2 Å². The van der Waals surface area contributed by atoms with Crippen molar-refractivity contribution in [2.45, 2.75) is 18.9 Å². The minimum absolute atomic E-state index is 0.0539. The van der Waals surface area contributed by atoms with Crippen LogP contribution in [0, 0.1) is 0 Å². The molecular weight excluding hydrogens is 222 g/mol. The highest BCUT2D eigenvalue weighted by molar-refractivity contribution is 5.96. The number of hydrogen-bond donors (Lipinski definition) is 2. The number of aliphatic carboxylic acids is 1. The van der Waals surface area contributed by atoms with Crippen molar-refractivity contribution >= 4 is 18.2 Å². The van der Waals surface area contributed by atoms with E-state index in [2.05, 4.69) is 0 Å². The Balaban J connectivity index is 2.52. The third-order valence-corrected chi connectivity index (χ3v) is 2.29. The fraction of sp³-hybridized carbons (Fsp3) is 0.250. The van der Waals surface area contributed by atoms with E-state index in [9.17, 15) is 14.4 Å². The molecule has 1 atom stereocenters. The summed E-state index contributed by atoms with van der Waals surface area (Å²) >= 11 is 0. The molecule has 1 amide bonds.